The number of rotatable bonds is 3. The summed E-state index contributed by atoms with van der Waals surface area (Å²) in [6.45, 7) is 0. The Bertz CT molecular complexity index is 722. The molecular weight excluding hydrogens is 310 g/mol. The molecular formula is C12H5Cl2FN2O3. The van der Waals surface area contributed by atoms with E-state index in [2.05, 4.69) is 4.98 Å². The Morgan fingerprint density at radius 3 is 2.50 bits per heavy atom. The highest BCUT2D eigenvalue weighted by molar-refractivity contribution is 6.34. The molecule has 0 saturated heterocycles. The van der Waals surface area contributed by atoms with Gasteiger partial charge >= 0.3 is 0 Å². The molecule has 5 nitrogen and oxygen atoms in total. The summed E-state index contributed by atoms with van der Waals surface area (Å²) in [5, 5.41) is 10.4. The molecule has 0 bridgehead atoms. The van der Waals surface area contributed by atoms with Gasteiger partial charge < -0.3 is 0 Å². The molecule has 1 heterocycles. The lowest BCUT2D eigenvalue weighted by atomic mass is 10.1. The molecule has 1 aromatic carbocycles. The Kier molecular flexibility index (Phi) is 3.96. The van der Waals surface area contributed by atoms with Gasteiger partial charge in [-0.1, -0.05) is 23.2 Å². The van der Waals surface area contributed by atoms with Gasteiger partial charge in [-0.2, -0.15) is 0 Å². The SMILES string of the molecule is O=Cc1cc(-c2ncc([N+](=O)[O-])cc2Cl)c(F)cc1Cl. The largest absolute Gasteiger partial charge is 0.298 e. The second-order valence-corrected chi connectivity index (χ2v) is 4.57. The van der Waals surface area contributed by atoms with Crippen LogP contribution in [0.1, 0.15) is 10.4 Å². The number of aldehydes is 1. The minimum Gasteiger partial charge on any atom is -0.298 e. The van der Waals surface area contributed by atoms with Gasteiger partial charge in [-0.15, -0.1) is 0 Å². The van der Waals surface area contributed by atoms with Gasteiger partial charge in [-0.3, -0.25) is 14.9 Å². The summed E-state index contributed by atoms with van der Waals surface area (Å²) in [6.07, 6.45) is 1.42. The highest BCUT2D eigenvalue weighted by Crippen LogP contribution is 2.32. The molecule has 0 saturated carbocycles. The van der Waals surface area contributed by atoms with E-state index < -0.39 is 10.7 Å². The molecule has 0 aliphatic heterocycles. The van der Waals surface area contributed by atoms with Crippen molar-refractivity contribution in [2.24, 2.45) is 0 Å². The molecule has 1 aromatic heterocycles. The third-order valence-electron chi connectivity index (χ3n) is 2.51. The van der Waals surface area contributed by atoms with Crippen LogP contribution in [0.15, 0.2) is 24.4 Å². The minimum atomic E-state index is -0.733. The van der Waals surface area contributed by atoms with Crippen LogP contribution in [0.3, 0.4) is 0 Å². The first-order chi connectivity index (χ1) is 9.43. The van der Waals surface area contributed by atoms with Crippen LogP contribution in [0.25, 0.3) is 11.3 Å². The van der Waals surface area contributed by atoms with Crippen LogP contribution in [-0.2, 0) is 0 Å². The molecule has 20 heavy (non-hydrogen) atoms. The molecule has 102 valence electrons. The van der Waals surface area contributed by atoms with E-state index in [9.17, 15) is 19.3 Å². The molecule has 0 unspecified atom stereocenters. The highest BCUT2D eigenvalue weighted by atomic mass is 35.5. The summed E-state index contributed by atoms with van der Waals surface area (Å²) in [5.74, 6) is -0.733. The molecule has 0 radical (unpaired) electrons. The number of halogens is 3. The second-order valence-electron chi connectivity index (χ2n) is 3.75. The van der Waals surface area contributed by atoms with Crippen LogP contribution in [0.5, 0.6) is 0 Å². The lowest BCUT2D eigenvalue weighted by Gasteiger charge is -2.07. The fourth-order valence-corrected chi connectivity index (χ4v) is 2.02. The molecule has 0 atom stereocenters. The average molecular weight is 315 g/mol. The van der Waals surface area contributed by atoms with Gasteiger partial charge in [0, 0.05) is 17.2 Å². The number of nitro groups is 1. The number of hydrogen-bond acceptors (Lipinski definition) is 4. The molecule has 2 rings (SSSR count). The van der Waals surface area contributed by atoms with Gasteiger partial charge in [0.15, 0.2) is 6.29 Å². The molecule has 2 aromatic rings. The Labute approximate surface area is 122 Å². The Balaban J connectivity index is 2.62. The van der Waals surface area contributed by atoms with E-state index in [1.165, 1.54) is 6.07 Å². The Hall–Kier alpha value is -2.05. The van der Waals surface area contributed by atoms with Gasteiger partial charge in [-0.25, -0.2) is 9.37 Å². The summed E-state index contributed by atoms with van der Waals surface area (Å²) < 4.78 is 13.9. The van der Waals surface area contributed by atoms with Crippen molar-refractivity contribution in [1.82, 2.24) is 4.98 Å². The highest BCUT2D eigenvalue weighted by Gasteiger charge is 2.17. The zero-order chi connectivity index (χ0) is 14.9. The van der Waals surface area contributed by atoms with E-state index in [1.807, 2.05) is 0 Å². The van der Waals surface area contributed by atoms with Crippen molar-refractivity contribution in [3.63, 3.8) is 0 Å². The Morgan fingerprint density at radius 2 is 1.95 bits per heavy atom. The number of benzene rings is 1. The first kappa shape index (κ1) is 14.4. The van der Waals surface area contributed by atoms with Gasteiger partial charge in [0.25, 0.3) is 5.69 Å². The molecule has 0 aliphatic rings. The van der Waals surface area contributed by atoms with E-state index in [4.69, 9.17) is 23.2 Å². The zero-order valence-electron chi connectivity index (χ0n) is 9.64. The van der Waals surface area contributed by atoms with Crippen molar-refractivity contribution in [2.75, 3.05) is 0 Å². The predicted octanol–water partition coefficient (Wildman–Crippen LogP) is 3.92. The van der Waals surface area contributed by atoms with Crippen molar-refractivity contribution >= 4 is 35.2 Å². The fourth-order valence-electron chi connectivity index (χ4n) is 1.56. The van der Waals surface area contributed by atoms with Gasteiger partial charge in [0.05, 0.1) is 20.7 Å². The van der Waals surface area contributed by atoms with Gasteiger partial charge in [0.2, 0.25) is 0 Å². The summed E-state index contributed by atoms with van der Waals surface area (Å²) in [6, 6.07) is 3.20. The zero-order valence-corrected chi connectivity index (χ0v) is 11.2. The smallest absolute Gasteiger partial charge is 0.289 e. The summed E-state index contributed by atoms with van der Waals surface area (Å²) in [5.41, 5.74) is -0.311. The molecule has 0 N–H and O–H groups in total. The lowest BCUT2D eigenvalue weighted by molar-refractivity contribution is -0.385. The topological polar surface area (TPSA) is 73.1 Å². The number of carbonyl (C=O) groups is 1. The molecule has 0 fully saturated rings. The van der Waals surface area contributed by atoms with E-state index in [-0.39, 0.29) is 32.6 Å². The number of nitrogens with zero attached hydrogens (tertiary/aromatic N) is 2. The van der Waals surface area contributed by atoms with Crippen LogP contribution < -0.4 is 0 Å². The third-order valence-corrected chi connectivity index (χ3v) is 3.12. The summed E-state index contributed by atoms with van der Waals surface area (Å²) in [7, 11) is 0. The van der Waals surface area contributed by atoms with Crippen LogP contribution >= 0.6 is 23.2 Å². The molecule has 8 heteroatoms. The number of hydrogen-bond donors (Lipinski definition) is 0. The van der Waals surface area contributed by atoms with E-state index in [0.29, 0.717) is 6.29 Å². The first-order valence-corrected chi connectivity index (χ1v) is 5.94. The van der Waals surface area contributed by atoms with Gasteiger partial charge in [0.1, 0.15) is 12.0 Å². The monoisotopic (exact) mass is 314 g/mol. The van der Waals surface area contributed by atoms with Crippen molar-refractivity contribution in [2.45, 2.75) is 0 Å². The van der Waals surface area contributed by atoms with Gasteiger partial charge in [-0.05, 0) is 12.1 Å². The van der Waals surface area contributed by atoms with Crippen molar-refractivity contribution in [3.8, 4) is 11.3 Å². The quantitative estimate of drug-likeness (QED) is 0.489. The van der Waals surface area contributed by atoms with Crippen molar-refractivity contribution < 1.29 is 14.1 Å². The summed E-state index contributed by atoms with van der Waals surface area (Å²) in [4.78, 5) is 24.5. The van der Waals surface area contributed by atoms with Crippen LogP contribution in [0.2, 0.25) is 10.0 Å². The third kappa shape index (κ3) is 2.61. The molecule has 0 amide bonds. The van der Waals surface area contributed by atoms with Crippen LogP contribution in [0.4, 0.5) is 10.1 Å². The minimum absolute atomic E-state index is 0.00506. The number of aromatic nitrogens is 1. The van der Waals surface area contributed by atoms with E-state index >= 15 is 0 Å². The number of pyridine rings is 1. The maximum absolute atomic E-state index is 13.9. The first-order valence-electron chi connectivity index (χ1n) is 5.18. The predicted molar refractivity (Wildman–Crippen MR) is 71.7 cm³/mol. The number of carbonyl (C=O) groups excluding carboxylic acids is 1. The van der Waals surface area contributed by atoms with Crippen LogP contribution in [-0.4, -0.2) is 16.2 Å². The normalized spacial score (nSPS) is 10.3. The fraction of sp³-hybridized carbons (Fsp3) is 0. The lowest BCUT2D eigenvalue weighted by Crippen LogP contribution is -1.95. The van der Waals surface area contributed by atoms with E-state index in [1.54, 1.807) is 0 Å². The average Bonchev–Trinajstić information content (AvgIpc) is 2.39. The maximum Gasteiger partial charge on any atom is 0.289 e. The second kappa shape index (κ2) is 5.52. The molecule has 0 spiro atoms. The van der Waals surface area contributed by atoms with E-state index in [0.717, 1.165) is 18.3 Å². The Morgan fingerprint density at radius 1 is 1.25 bits per heavy atom. The maximum atomic E-state index is 13.9. The molecule has 0 aliphatic carbocycles. The summed E-state index contributed by atoms with van der Waals surface area (Å²) >= 11 is 11.5. The van der Waals surface area contributed by atoms with Crippen molar-refractivity contribution in [1.29, 1.82) is 0 Å². The van der Waals surface area contributed by atoms with Crippen molar-refractivity contribution in [3.05, 3.63) is 55.9 Å². The van der Waals surface area contributed by atoms with Crippen LogP contribution in [0, 0.1) is 15.9 Å². The standard InChI is InChI=1S/C12H5Cl2FN2O3/c13-9-3-11(15)8(1-6(9)5-18)12-10(14)2-7(4-16-12)17(19)20/h1-5H.